The van der Waals surface area contributed by atoms with Crippen LogP contribution in [0.5, 0.6) is 0 Å². The Balaban J connectivity index is 4.84. The number of esters is 1. The van der Waals surface area contributed by atoms with E-state index < -0.39 is 43.7 Å². The first-order valence-electron chi connectivity index (χ1n) is 4.54. The number of carbonyl (C=O) groups is 2. The Labute approximate surface area is 96.7 Å². The number of hydrogen-bond acceptors (Lipinski definition) is 4. The van der Waals surface area contributed by atoms with Crippen LogP contribution in [0.1, 0.15) is 13.3 Å². The van der Waals surface area contributed by atoms with Crippen molar-refractivity contribution < 1.29 is 38.2 Å². The third-order valence-electron chi connectivity index (χ3n) is 2.05. The molecule has 0 saturated carbocycles. The molecule has 0 bridgehead atoms. The molecule has 0 rings (SSSR count). The number of carboxylic acid groups (broad SMARTS) is 1. The maximum absolute atomic E-state index is 13.7. The van der Waals surface area contributed by atoms with E-state index >= 15 is 0 Å². The third kappa shape index (κ3) is 5.76. The standard InChI is InChI=1S/C8H14FO7P/c1-8(9,7(12)16-2)3-5(6(10)11)4-17(13,14)15/h5H,3-4H2,1-2H3,(H,10,11)(H2,13,14,15)/t5-,8+/m1/s1. The zero-order chi connectivity index (χ0) is 13.9. The number of rotatable bonds is 6. The van der Waals surface area contributed by atoms with Crippen molar-refractivity contribution in [2.45, 2.75) is 19.0 Å². The summed E-state index contributed by atoms with van der Waals surface area (Å²) in [6.45, 7) is 0.800. The highest BCUT2D eigenvalue weighted by molar-refractivity contribution is 7.51. The first-order chi connectivity index (χ1) is 7.49. The number of aliphatic carboxylic acids is 1. The number of carbonyl (C=O) groups excluding carboxylic acids is 1. The molecule has 0 aromatic carbocycles. The monoisotopic (exact) mass is 272 g/mol. The van der Waals surface area contributed by atoms with Gasteiger partial charge in [-0.25, -0.2) is 9.18 Å². The Kier molecular flexibility index (Phi) is 5.25. The van der Waals surface area contributed by atoms with Crippen molar-refractivity contribution in [3.05, 3.63) is 0 Å². The minimum Gasteiger partial charge on any atom is -0.481 e. The van der Waals surface area contributed by atoms with E-state index in [4.69, 9.17) is 14.9 Å². The molecule has 0 amide bonds. The van der Waals surface area contributed by atoms with Gasteiger partial charge in [-0.3, -0.25) is 9.36 Å². The summed E-state index contributed by atoms with van der Waals surface area (Å²) in [5, 5.41) is 8.69. The maximum Gasteiger partial charge on any atom is 0.343 e. The second-order valence-corrected chi connectivity index (χ2v) is 5.47. The first-order valence-corrected chi connectivity index (χ1v) is 6.34. The van der Waals surface area contributed by atoms with Gasteiger partial charge < -0.3 is 19.6 Å². The Hall–Kier alpha value is -0.980. The molecular weight excluding hydrogens is 258 g/mol. The molecule has 0 aromatic rings. The smallest absolute Gasteiger partial charge is 0.343 e. The lowest BCUT2D eigenvalue weighted by Crippen LogP contribution is -2.36. The number of alkyl halides is 1. The summed E-state index contributed by atoms with van der Waals surface area (Å²) in [4.78, 5) is 39.0. The van der Waals surface area contributed by atoms with E-state index in [1.165, 1.54) is 0 Å². The number of methoxy groups -OCH3 is 1. The molecule has 17 heavy (non-hydrogen) atoms. The molecule has 0 aliphatic carbocycles. The molecule has 2 atom stereocenters. The minimum absolute atomic E-state index is 0.800. The Morgan fingerprint density at radius 3 is 2.24 bits per heavy atom. The minimum atomic E-state index is -4.60. The van der Waals surface area contributed by atoms with Crippen LogP contribution in [0.3, 0.4) is 0 Å². The highest BCUT2D eigenvalue weighted by Gasteiger charge is 2.41. The van der Waals surface area contributed by atoms with Gasteiger partial charge in [-0.15, -0.1) is 0 Å². The predicted octanol–water partition coefficient (Wildman–Crippen LogP) is 0.156. The molecule has 0 fully saturated rings. The van der Waals surface area contributed by atoms with Crippen LogP contribution in [-0.4, -0.2) is 45.8 Å². The number of halogens is 1. The van der Waals surface area contributed by atoms with Gasteiger partial charge >= 0.3 is 19.5 Å². The average Bonchev–Trinajstić information content (AvgIpc) is 2.12. The average molecular weight is 272 g/mol. The summed E-state index contributed by atoms with van der Waals surface area (Å²) in [6.07, 6.45) is -1.89. The van der Waals surface area contributed by atoms with Crippen LogP contribution < -0.4 is 0 Å². The molecular formula is C8H14FO7P. The first kappa shape index (κ1) is 16.0. The SMILES string of the molecule is COC(=O)[C@@](C)(F)C[C@H](CP(=O)(O)O)C(=O)O. The number of ether oxygens (including phenoxy) is 1. The lowest BCUT2D eigenvalue weighted by molar-refractivity contribution is -0.156. The molecule has 7 nitrogen and oxygen atoms in total. The van der Waals surface area contributed by atoms with Gasteiger partial charge in [-0.05, 0) is 6.92 Å². The molecule has 0 radical (unpaired) electrons. The van der Waals surface area contributed by atoms with Gasteiger partial charge in [0.2, 0.25) is 5.67 Å². The quantitative estimate of drug-likeness (QED) is 0.465. The van der Waals surface area contributed by atoms with Gasteiger partial charge in [0, 0.05) is 6.42 Å². The largest absolute Gasteiger partial charge is 0.481 e. The van der Waals surface area contributed by atoms with Crippen molar-refractivity contribution in [2.75, 3.05) is 13.3 Å². The van der Waals surface area contributed by atoms with E-state index in [2.05, 4.69) is 4.74 Å². The van der Waals surface area contributed by atoms with Crippen LogP contribution in [0.15, 0.2) is 0 Å². The molecule has 3 N–H and O–H groups in total. The second kappa shape index (κ2) is 5.57. The van der Waals surface area contributed by atoms with Crippen molar-refractivity contribution in [1.29, 1.82) is 0 Å². The van der Waals surface area contributed by atoms with Gasteiger partial charge in [0.1, 0.15) is 0 Å². The number of hydrogen-bond donors (Lipinski definition) is 3. The molecule has 0 aromatic heterocycles. The van der Waals surface area contributed by atoms with Gasteiger partial charge in [0.25, 0.3) is 0 Å². The summed E-state index contributed by atoms with van der Waals surface area (Å²) >= 11 is 0. The fraction of sp³-hybridized carbons (Fsp3) is 0.750. The molecule has 0 aliphatic heterocycles. The zero-order valence-corrected chi connectivity index (χ0v) is 10.2. The fourth-order valence-electron chi connectivity index (χ4n) is 1.28. The van der Waals surface area contributed by atoms with Crippen molar-refractivity contribution in [2.24, 2.45) is 5.92 Å². The number of carboxylic acids is 1. The van der Waals surface area contributed by atoms with Crippen LogP contribution in [-0.2, 0) is 18.9 Å². The Bertz CT molecular complexity index is 348. The van der Waals surface area contributed by atoms with Gasteiger partial charge in [0.05, 0.1) is 19.2 Å². The van der Waals surface area contributed by atoms with Gasteiger partial charge in [0.15, 0.2) is 0 Å². The van der Waals surface area contributed by atoms with Crippen molar-refractivity contribution in [1.82, 2.24) is 0 Å². The molecule has 0 spiro atoms. The molecule has 0 saturated heterocycles. The van der Waals surface area contributed by atoms with Crippen LogP contribution in [0, 0.1) is 5.92 Å². The van der Waals surface area contributed by atoms with E-state index in [0.717, 1.165) is 14.0 Å². The summed E-state index contributed by atoms with van der Waals surface area (Å²) in [5.74, 6) is -4.53. The normalized spacial score (nSPS) is 17.0. The summed E-state index contributed by atoms with van der Waals surface area (Å²) in [7, 11) is -3.67. The van der Waals surface area contributed by atoms with E-state index in [1.54, 1.807) is 0 Å². The topological polar surface area (TPSA) is 121 Å². The highest BCUT2D eigenvalue weighted by atomic mass is 31.2. The predicted molar refractivity (Wildman–Crippen MR) is 54.2 cm³/mol. The van der Waals surface area contributed by atoms with Crippen LogP contribution in [0.4, 0.5) is 4.39 Å². The summed E-state index contributed by atoms with van der Waals surface area (Å²) < 4.78 is 28.5. The molecule has 0 aliphatic rings. The second-order valence-electron chi connectivity index (χ2n) is 3.78. The van der Waals surface area contributed by atoms with Crippen LogP contribution in [0.25, 0.3) is 0 Å². The summed E-state index contributed by atoms with van der Waals surface area (Å²) in [6, 6.07) is 0. The third-order valence-corrected chi connectivity index (χ3v) is 2.96. The lowest BCUT2D eigenvalue weighted by Gasteiger charge is -2.21. The molecule has 100 valence electrons. The lowest BCUT2D eigenvalue weighted by atomic mass is 9.95. The Morgan fingerprint density at radius 2 is 1.94 bits per heavy atom. The highest BCUT2D eigenvalue weighted by Crippen LogP contribution is 2.39. The van der Waals surface area contributed by atoms with E-state index in [-0.39, 0.29) is 0 Å². The Morgan fingerprint density at radius 1 is 1.47 bits per heavy atom. The van der Waals surface area contributed by atoms with Gasteiger partial charge in [-0.1, -0.05) is 0 Å². The van der Waals surface area contributed by atoms with E-state index in [1.807, 2.05) is 0 Å². The maximum atomic E-state index is 13.7. The molecule has 9 heteroatoms. The fourth-order valence-corrected chi connectivity index (χ4v) is 2.14. The van der Waals surface area contributed by atoms with Gasteiger partial charge in [-0.2, -0.15) is 0 Å². The molecule has 0 unspecified atom stereocenters. The van der Waals surface area contributed by atoms with Crippen molar-refractivity contribution >= 4 is 19.5 Å². The van der Waals surface area contributed by atoms with E-state index in [0.29, 0.717) is 0 Å². The molecule has 0 heterocycles. The van der Waals surface area contributed by atoms with Crippen LogP contribution >= 0.6 is 7.60 Å². The van der Waals surface area contributed by atoms with Crippen molar-refractivity contribution in [3.63, 3.8) is 0 Å². The van der Waals surface area contributed by atoms with Crippen molar-refractivity contribution in [3.8, 4) is 0 Å². The van der Waals surface area contributed by atoms with Crippen LogP contribution in [0.2, 0.25) is 0 Å². The zero-order valence-electron chi connectivity index (χ0n) is 9.29. The summed E-state index contributed by atoms with van der Waals surface area (Å²) in [5.41, 5.74) is -2.60. The van der Waals surface area contributed by atoms with E-state index in [9.17, 15) is 18.5 Å².